The SMILES string of the molecule is CCCNc1cc(NCC2(C)CCCC2)nc(C2CC2)n1. The van der Waals surface area contributed by atoms with E-state index in [-0.39, 0.29) is 0 Å². The molecule has 0 amide bonds. The zero-order chi connectivity index (χ0) is 14.7. The number of anilines is 2. The first kappa shape index (κ1) is 14.6. The van der Waals surface area contributed by atoms with Gasteiger partial charge in [-0.2, -0.15) is 0 Å². The minimum absolute atomic E-state index is 0.446. The minimum Gasteiger partial charge on any atom is -0.370 e. The van der Waals surface area contributed by atoms with E-state index in [0.29, 0.717) is 11.3 Å². The van der Waals surface area contributed by atoms with Gasteiger partial charge >= 0.3 is 0 Å². The molecule has 0 radical (unpaired) electrons. The monoisotopic (exact) mass is 288 g/mol. The van der Waals surface area contributed by atoms with Gasteiger partial charge in [0.05, 0.1) is 0 Å². The number of rotatable bonds is 7. The molecule has 0 aromatic carbocycles. The van der Waals surface area contributed by atoms with Crippen LogP contribution < -0.4 is 10.6 Å². The topological polar surface area (TPSA) is 49.8 Å². The molecule has 1 heterocycles. The summed E-state index contributed by atoms with van der Waals surface area (Å²) < 4.78 is 0. The fourth-order valence-electron chi connectivity index (χ4n) is 3.13. The van der Waals surface area contributed by atoms with Crippen LogP contribution in [0.4, 0.5) is 11.6 Å². The maximum absolute atomic E-state index is 4.73. The second kappa shape index (κ2) is 6.20. The Labute approximate surface area is 128 Å². The van der Waals surface area contributed by atoms with Crippen molar-refractivity contribution in [2.24, 2.45) is 5.41 Å². The Morgan fingerprint density at radius 3 is 2.43 bits per heavy atom. The summed E-state index contributed by atoms with van der Waals surface area (Å²) in [5, 5.41) is 6.98. The Morgan fingerprint density at radius 1 is 1.14 bits per heavy atom. The summed E-state index contributed by atoms with van der Waals surface area (Å²) in [7, 11) is 0. The minimum atomic E-state index is 0.446. The van der Waals surface area contributed by atoms with Crippen molar-refractivity contribution in [2.75, 3.05) is 23.7 Å². The summed E-state index contributed by atoms with van der Waals surface area (Å²) in [6.07, 6.45) is 9.02. The zero-order valence-corrected chi connectivity index (χ0v) is 13.4. The number of hydrogen-bond donors (Lipinski definition) is 2. The number of hydrogen-bond acceptors (Lipinski definition) is 4. The van der Waals surface area contributed by atoms with Gasteiger partial charge in [0.2, 0.25) is 0 Å². The molecule has 0 bridgehead atoms. The Balaban J connectivity index is 1.68. The highest BCUT2D eigenvalue weighted by Crippen LogP contribution is 2.40. The molecular weight excluding hydrogens is 260 g/mol. The van der Waals surface area contributed by atoms with Crippen LogP contribution in [0.3, 0.4) is 0 Å². The van der Waals surface area contributed by atoms with E-state index in [4.69, 9.17) is 4.98 Å². The quantitative estimate of drug-likeness (QED) is 0.790. The average Bonchev–Trinajstić information content (AvgIpc) is 3.26. The van der Waals surface area contributed by atoms with Crippen LogP contribution in [0.15, 0.2) is 6.07 Å². The Kier molecular flexibility index (Phi) is 4.32. The highest BCUT2D eigenvalue weighted by molar-refractivity contribution is 5.48. The molecule has 4 nitrogen and oxygen atoms in total. The standard InChI is InChI=1S/C17H28N4/c1-3-10-18-14-11-15(21-16(20-14)13-6-7-13)19-12-17(2)8-4-5-9-17/h11,13H,3-10,12H2,1-2H3,(H2,18,19,20,21). The normalized spacial score (nSPS) is 20.5. The van der Waals surface area contributed by atoms with Crippen LogP contribution in [-0.4, -0.2) is 23.1 Å². The summed E-state index contributed by atoms with van der Waals surface area (Å²) >= 11 is 0. The lowest BCUT2D eigenvalue weighted by atomic mass is 9.89. The second-order valence-electron chi connectivity index (χ2n) is 7.07. The average molecular weight is 288 g/mol. The molecule has 0 saturated heterocycles. The van der Waals surface area contributed by atoms with E-state index in [1.54, 1.807) is 0 Å². The predicted molar refractivity (Wildman–Crippen MR) is 87.9 cm³/mol. The maximum atomic E-state index is 4.73. The zero-order valence-electron chi connectivity index (χ0n) is 13.4. The third-order valence-electron chi connectivity index (χ3n) is 4.75. The van der Waals surface area contributed by atoms with Gasteiger partial charge in [-0.15, -0.1) is 0 Å². The third kappa shape index (κ3) is 3.86. The molecule has 116 valence electrons. The molecular formula is C17H28N4. The lowest BCUT2D eigenvalue weighted by Gasteiger charge is -2.24. The van der Waals surface area contributed by atoms with Gasteiger partial charge in [-0.25, -0.2) is 9.97 Å². The van der Waals surface area contributed by atoms with Crippen LogP contribution in [0.5, 0.6) is 0 Å². The summed E-state index contributed by atoms with van der Waals surface area (Å²) in [5.41, 5.74) is 0.446. The molecule has 4 heteroatoms. The predicted octanol–water partition coefficient (Wildman–Crippen LogP) is 4.17. The van der Waals surface area contributed by atoms with Gasteiger partial charge in [-0.05, 0) is 37.5 Å². The Morgan fingerprint density at radius 2 is 1.81 bits per heavy atom. The molecule has 0 atom stereocenters. The van der Waals surface area contributed by atoms with Crippen LogP contribution in [0.2, 0.25) is 0 Å². The first-order valence-electron chi connectivity index (χ1n) is 8.55. The molecule has 2 saturated carbocycles. The number of nitrogens with zero attached hydrogens (tertiary/aromatic N) is 2. The largest absolute Gasteiger partial charge is 0.370 e. The third-order valence-corrected chi connectivity index (χ3v) is 4.75. The van der Waals surface area contributed by atoms with Crippen LogP contribution >= 0.6 is 0 Å². The van der Waals surface area contributed by atoms with Gasteiger partial charge in [-0.3, -0.25) is 0 Å². The smallest absolute Gasteiger partial charge is 0.136 e. The fourth-order valence-corrected chi connectivity index (χ4v) is 3.13. The van der Waals surface area contributed by atoms with Gasteiger partial charge in [0, 0.05) is 25.1 Å². The van der Waals surface area contributed by atoms with Crippen molar-refractivity contribution < 1.29 is 0 Å². The van der Waals surface area contributed by atoms with Crippen LogP contribution in [0.1, 0.15) is 70.5 Å². The van der Waals surface area contributed by atoms with E-state index in [2.05, 4.69) is 35.5 Å². The van der Waals surface area contributed by atoms with Crippen molar-refractivity contribution in [2.45, 2.75) is 64.7 Å². The van der Waals surface area contributed by atoms with E-state index < -0.39 is 0 Å². The van der Waals surface area contributed by atoms with Crippen LogP contribution in [-0.2, 0) is 0 Å². The molecule has 0 unspecified atom stereocenters. The molecule has 1 aromatic rings. The number of nitrogens with one attached hydrogen (secondary N) is 2. The summed E-state index contributed by atoms with van der Waals surface area (Å²) in [6, 6.07) is 2.07. The van der Waals surface area contributed by atoms with Gasteiger partial charge in [-0.1, -0.05) is 26.7 Å². The van der Waals surface area contributed by atoms with E-state index in [1.807, 2.05) is 0 Å². The molecule has 2 aliphatic rings. The molecule has 2 fully saturated rings. The van der Waals surface area contributed by atoms with E-state index in [1.165, 1.54) is 38.5 Å². The van der Waals surface area contributed by atoms with Crippen molar-refractivity contribution in [3.8, 4) is 0 Å². The molecule has 3 rings (SSSR count). The van der Waals surface area contributed by atoms with E-state index in [0.717, 1.165) is 37.0 Å². The van der Waals surface area contributed by atoms with Crippen molar-refractivity contribution >= 4 is 11.6 Å². The lowest BCUT2D eigenvalue weighted by molar-refractivity contribution is 0.361. The summed E-state index contributed by atoms with van der Waals surface area (Å²) in [5.74, 6) is 3.60. The maximum Gasteiger partial charge on any atom is 0.136 e. The van der Waals surface area contributed by atoms with Crippen molar-refractivity contribution in [3.63, 3.8) is 0 Å². The molecule has 2 N–H and O–H groups in total. The van der Waals surface area contributed by atoms with Crippen molar-refractivity contribution in [1.29, 1.82) is 0 Å². The second-order valence-corrected chi connectivity index (χ2v) is 7.07. The Hall–Kier alpha value is -1.32. The number of aromatic nitrogens is 2. The first-order valence-corrected chi connectivity index (χ1v) is 8.55. The van der Waals surface area contributed by atoms with E-state index in [9.17, 15) is 0 Å². The van der Waals surface area contributed by atoms with Crippen LogP contribution in [0, 0.1) is 5.41 Å². The van der Waals surface area contributed by atoms with E-state index >= 15 is 0 Å². The highest BCUT2D eigenvalue weighted by atomic mass is 15.1. The van der Waals surface area contributed by atoms with Gasteiger partial charge < -0.3 is 10.6 Å². The lowest BCUT2D eigenvalue weighted by Crippen LogP contribution is -2.23. The van der Waals surface area contributed by atoms with Crippen LogP contribution in [0.25, 0.3) is 0 Å². The van der Waals surface area contributed by atoms with Gasteiger partial charge in [0.1, 0.15) is 17.5 Å². The summed E-state index contributed by atoms with van der Waals surface area (Å²) in [6.45, 7) is 6.57. The fraction of sp³-hybridized carbons (Fsp3) is 0.765. The highest BCUT2D eigenvalue weighted by Gasteiger charge is 2.29. The van der Waals surface area contributed by atoms with Gasteiger partial charge in [0.15, 0.2) is 0 Å². The van der Waals surface area contributed by atoms with Crippen molar-refractivity contribution in [1.82, 2.24) is 9.97 Å². The molecule has 0 spiro atoms. The molecule has 2 aliphatic carbocycles. The van der Waals surface area contributed by atoms with Crippen molar-refractivity contribution in [3.05, 3.63) is 11.9 Å². The molecule has 21 heavy (non-hydrogen) atoms. The molecule has 1 aromatic heterocycles. The van der Waals surface area contributed by atoms with Gasteiger partial charge in [0.25, 0.3) is 0 Å². The molecule has 0 aliphatic heterocycles. The summed E-state index contributed by atoms with van der Waals surface area (Å²) in [4.78, 5) is 9.40. The Bertz CT molecular complexity index is 476. The first-order chi connectivity index (χ1) is 10.2.